The number of halogens is 1. The topological polar surface area (TPSA) is 49.9 Å². The van der Waals surface area contributed by atoms with Crippen LogP contribution in [0.5, 0.6) is 5.75 Å². The van der Waals surface area contributed by atoms with E-state index in [1.165, 1.54) is 25.3 Å². The van der Waals surface area contributed by atoms with Crippen molar-refractivity contribution in [2.24, 2.45) is 5.92 Å². The monoisotopic (exact) mass is 320 g/mol. The van der Waals surface area contributed by atoms with Crippen LogP contribution < -0.4 is 4.74 Å². The van der Waals surface area contributed by atoms with Gasteiger partial charge in [0.1, 0.15) is 11.6 Å². The lowest BCUT2D eigenvalue weighted by atomic mass is 10.1. The van der Waals surface area contributed by atoms with E-state index in [9.17, 15) is 14.0 Å². The van der Waals surface area contributed by atoms with E-state index in [-0.39, 0.29) is 29.3 Å². The first-order valence-electron chi connectivity index (χ1n) is 7.90. The Morgan fingerprint density at radius 3 is 2.70 bits per heavy atom. The number of ether oxygens (including phenoxy) is 1. The number of methoxy groups -OCH3 is 1. The molecule has 23 heavy (non-hydrogen) atoms. The second kappa shape index (κ2) is 6.18. The number of likely N-dealkylation sites (tertiary alicyclic amines) is 1. The van der Waals surface area contributed by atoms with Gasteiger partial charge in [0, 0.05) is 26.1 Å². The summed E-state index contributed by atoms with van der Waals surface area (Å²) < 4.78 is 19.0. The molecular weight excluding hydrogens is 299 g/mol. The van der Waals surface area contributed by atoms with Gasteiger partial charge in [-0.3, -0.25) is 9.59 Å². The molecule has 124 valence electrons. The normalized spacial score (nSPS) is 20.5. The maximum atomic E-state index is 13.9. The van der Waals surface area contributed by atoms with Crippen LogP contribution in [0.25, 0.3) is 0 Å². The van der Waals surface area contributed by atoms with Crippen LogP contribution in [-0.4, -0.2) is 54.9 Å². The summed E-state index contributed by atoms with van der Waals surface area (Å²) in [6.07, 6.45) is 2.66. The molecule has 2 aliphatic rings. The summed E-state index contributed by atoms with van der Waals surface area (Å²) in [5.74, 6) is -0.123. The van der Waals surface area contributed by atoms with Gasteiger partial charge in [0.05, 0.1) is 18.7 Å². The van der Waals surface area contributed by atoms with E-state index in [0.717, 1.165) is 19.3 Å². The van der Waals surface area contributed by atoms with Crippen LogP contribution in [0, 0.1) is 11.7 Å². The third-order valence-electron chi connectivity index (χ3n) is 4.68. The van der Waals surface area contributed by atoms with E-state index >= 15 is 0 Å². The predicted molar refractivity (Wildman–Crippen MR) is 82.8 cm³/mol. The molecule has 1 aromatic rings. The van der Waals surface area contributed by atoms with Crippen LogP contribution in [0.1, 0.15) is 29.6 Å². The molecule has 1 aromatic carbocycles. The Labute approximate surface area is 135 Å². The lowest BCUT2D eigenvalue weighted by Crippen LogP contribution is -2.40. The number of rotatable bonds is 4. The van der Waals surface area contributed by atoms with Crippen molar-refractivity contribution in [1.82, 2.24) is 9.80 Å². The number of amides is 2. The van der Waals surface area contributed by atoms with E-state index < -0.39 is 5.82 Å². The van der Waals surface area contributed by atoms with Crippen molar-refractivity contribution in [1.29, 1.82) is 0 Å². The van der Waals surface area contributed by atoms with Crippen molar-refractivity contribution in [2.45, 2.75) is 25.3 Å². The number of nitrogens with zero attached hydrogens (tertiary/aromatic N) is 2. The lowest BCUT2D eigenvalue weighted by molar-refractivity contribution is -0.133. The molecule has 1 saturated carbocycles. The minimum Gasteiger partial charge on any atom is -0.497 e. The molecule has 0 N–H and O–H groups in total. The molecule has 2 fully saturated rings. The Morgan fingerprint density at radius 2 is 2.04 bits per heavy atom. The summed E-state index contributed by atoms with van der Waals surface area (Å²) in [5, 5.41) is 0. The average molecular weight is 320 g/mol. The maximum absolute atomic E-state index is 13.9. The number of carbonyl (C=O) groups excluding carboxylic acids is 2. The van der Waals surface area contributed by atoms with E-state index in [2.05, 4.69) is 0 Å². The SMILES string of the molecule is COc1ccc(F)c(C(=O)N2CC[C@@H](N(C)C(=O)C3CC3)C2)c1. The second-order valence-electron chi connectivity index (χ2n) is 6.26. The van der Waals surface area contributed by atoms with Gasteiger partial charge in [0.15, 0.2) is 0 Å². The first-order valence-corrected chi connectivity index (χ1v) is 7.90. The fraction of sp³-hybridized carbons (Fsp3) is 0.529. The van der Waals surface area contributed by atoms with Crippen LogP contribution in [0.3, 0.4) is 0 Å². The zero-order valence-electron chi connectivity index (χ0n) is 13.4. The standard InChI is InChI=1S/C17H21FN2O3/c1-19(16(21)11-3-4-11)12-7-8-20(10-12)17(22)14-9-13(23-2)5-6-15(14)18/h5-6,9,11-12H,3-4,7-8,10H2,1-2H3/t12-/m1/s1. The van der Waals surface area contributed by atoms with Gasteiger partial charge in [-0.05, 0) is 37.5 Å². The number of benzene rings is 1. The van der Waals surface area contributed by atoms with Gasteiger partial charge in [0.2, 0.25) is 5.91 Å². The second-order valence-corrected chi connectivity index (χ2v) is 6.26. The minimum atomic E-state index is -0.554. The number of carbonyl (C=O) groups is 2. The molecule has 1 aliphatic carbocycles. The maximum Gasteiger partial charge on any atom is 0.257 e. The lowest BCUT2D eigenvalue weighted by Gasteiger charge is -2.25. The molecule has 3 rings (SSSR count). The molecule has 5 nitrogen and oxygen atoms in total. The van der Waals surface area contributed by atoms with Crippen LogP contribution in [0.4, 0.5) is 4.39 Å². The van der Waals surface area contributed by atoms with Gasteiger partial charge in [-0.2, -0.15) is 0 Å². The molecule has 1 atom stereocenters. The summed E-state index contributed by atoms with van der Waals surface area (Å²) in [4.78, 5) is 28.0. The highest BCUT2D eigenvalue weighted by Crippen LogP contribution is 2.32. The molecule has 6 heteroatoms. The van der Waals surface area contributed by atoms with Crippen molar-refractivity contribution >= 4 is 11.8 Å². The van der Waals surface area contributed by atoms with Crippen molar-refractivity contribution in [2.75, 3.05) is 27.2 Å². The molecule has 0 unspecified atom stereocenters. The molecule has 0 spiro atoms. The largest absolute Gasteiger partial charge is 0.497 e. The fourth-order valence-electron chi connectivity index (χ4n) is 3.01. The predicted octanol–water partition coefficient (Wildman–Crippen LogP) is 1.92. The van der Waals surface area contributed by atoms with E-state index in [1.807, 2.05) is 0 Å². The summed E-state index contributed by atoms with van der Waals surface area (Å²) in [5.41, 5.74) is 0.0150. The Kier molecular flexibility index (Phi) is 4.24. The molecule has 1 saturated heterocycles. The molecule has 1 aliphatic heterocycles. The highest BCUT2D eigenvalue weighted by atomic mass is 19.1. The summed E-state index contributed by atoms with van der Waals surface area (Å²) >= 11 is 0. The Bertz CT molecular complexity index is 630. The van der Waals surface area contributed by atoms with Crippen LogP contribution in [0.15, 0.2) is 18.2 Å². The van der Waals surface area contributed by atoms with E-state index in [4.69, 9.17) is 4.74 Å². The fourth-order valence-corrected chi connectivity index (χ4v) is 3.01. The minimum absolute atomic E-state index is 0.0146. The smallest absolute Gasteiger partial charge is 0.257 e. The van der Waals surface area contributed by atoms with Crippen LogP contribution in [-0.2, 0) is 4.79 Å². The summed E-state index contributed by atoms with van der Waals surface area (Å²) in [6.45, 7) is 0.979. The Morgan fingerprint density at radius 1 is 1.30 bits per heavy atom. The summed E-state index contributed by atoms with van der Waals surface area (Å²) in [6, 6.07) is 4.16. The zero-order chi connectivity index (χ0) is 16.6. The Hall–Kier alpha value is -2.11. The first kappa shape index (κ1) is 15.8. The first-order chi connectivity index (χ1) is 11.0. The molecule has 0 radical (unpaired) electrons. The van der Waals surface area contributed by atoms with Crippen LogP contribution >= 0.6 is 0 Å². The van der Waals surface area contributed by atoms with Crippen molar-refractivity contribution in [3.63, 3.8) is 0 Å². The van der Waals surface area contributed by atoms with E-state index in [0.29, 0.717) is 18.8 Å². The number of likely N-dealkylation sites (N-methyl/N-ethyl adjacent to an activating group) is 1. The van der Waals surface area contributed by atoms with Crippen LogP contribution in [0.2, 0.25) is 0 Å². The van der Waals surface area contributed by atoms with Crippen molar-refractivity contribution in [3.8, 4) is 5.75 Å². The highest BCUT2D eigenvalue weighted by molar-refractivity contribution is 5.95. The highest BCUT2D eigenvalue weighted by Gasteiger charge is 2.37. The third kappa shape index (κ3) is 3.16. The Balaban J connectivity index is 1.68. The quantitative estimate of drug-likeness (QED) is 0.851. The van der Waals surface area contributed by atoms with Crippen molar-refractivity contribution < 1.29 is 18.7 Å². The number of hydrogen-bond donors (Lipinski definition) is 0. The van der Waals surface area contributed by atoms with E-state index in [1.54, 1.807) is 16.8 Å². The molecular formula is C17H21FN2O3. The van der Waals surface area contributed by atoms with Gasteiger partial charge in [-0.1, -0.05) is 0 Å². The molecule has 1 heterocycles. The van der Waals surface area contributed by atoms with Crippen molar-refractivity contribution in [3.05, 3.63) is 29.6 Å². The third-order valence-corrected chi connectivity index (χ3v) is 4.68. The molecule has 0 bridgehead atoms. The summed E-state index contributed by atoms with van der Waals surface area (Å²) in [7, 11) is 3.28. The van der Waals surface area contributed by atoms with Gasteiger partial charge in [-0.15, -0.1) is 0 Å². The zero-order valence-corrected chi connectivity index (χ0v) is 13.4. The molecule has 0 aromatic heterocycles. The van der Waals surface area contributed by atoms with Gasteiger partial charge in [-0.25, -0.2) is 4.39 Å². The number of hydrogen-bond acceptors (Lipinski definition) is 3. The van der Waals surface area contributed by atoms with Gasteiger partial charge >= 0.3 is 0 Å². The van der Waals surface area contributed by atoms with Gasteiger partial charge in [0.25, 0.3) is 5.91 Å². The average Bonchev–Trinajstić information content (AvgIpc) is 3.30. The molecule has 2 amide bonds. The van der Waals surface area contributed by atoms with Gasteiger partial charge < -0.3 is 14.5 Å².